The van der Waals surface area contributed by atoms with E-state index in [1.807, 2.05) is 26.0 Å². The molecule has 0 unspecified atom stereocenters. The van der Waals surface area contributed by atoms with E-state index in [0.29, 0.717) is 0 Å². The highest BCUT2D eigenvalue weighted by molar-refractivity contribution is 9.10. The van der Waals surface area contributed by atoms with E-state index < -0.39 is 0 Å². The number of nitrogens with one attached hydrogen (secondary N) is 1. The fraction of sp³-hybridized carbons (Fsp3) is 0.429. The summed E-state index contributed by atoms with van der Waals surface area (Å²) in [7, 11) is 5.70. The summed E-state index contributed by atoms with van der Waals surface area (Å²) in [6, 6.07) is 0. The van der Waals surface area contributed by atoms with E-state index in [4.69, 9.17) is 0 Å². The summed E-state index contributed by atoms with van der Waals surface area (Å²) < 4.78 is 0.887. The smallest absolute Gasteiger partial charge is 0.148 e. The van der Waals surface area contributed by atoms with Crippen LogP contribution in [0.1, 0.15) is 0 Å². The van der Waals surface area contributed by atoms with Crippen LogP contribution in [0.4, 0.5) is 11.6 Å². The fourth-order valence-electron chi connectivity index (χ4n) is 0.847. The Hall–Kier alpha value is -0.840. The Balaban J connectivity index is 3.14. The zero-order valence-corrected chi connectivity index (χ0v) is 8.88. The third-order valence-corrected chi connectivity index (χ3v) is 2.16. The molecule has 0 fully saturated rings. The Morgan fingerprint density at radius 1 is 1.42 bits per heavy atom. The van der Waals surface area contributed by atoms with Crippen LogP contribution in [0.3, 0.4) is 0 Å². The molecule has 1 heterocycles. The molecule has 0 aliphatic rings. The Morgan fingerprint density at radius 2 is 2.08 bits per heavy atom. The summed E-state index contributed by atoms with van der Waals surface area (Å²) in [5.41, 5.74) is 0. The maximum Gasteiger partial charge on any atom is 0.148 e. The standard InChI is InChI=1S/C7H11BrN4/c1-9-6-5(8)7(12(2)3)11-4-10-6/h4H,1-3H3,(H,9,10,11). The molecule has 0 spiro atoms. The van der Waals surface area contributed by atoms with Crippen molar-refractivity contribution >= 4 is 27.6 Å². The lowest BCUT2D eigenvalue weighted by Crippen LogP contribution is -2.12. The van der Waals surface area contributed by atoms with Gasteiger partial charge in [0.05, 0.1) is 0 Å². The third kappa shape index (κ3) is 1.66. The van der Waals surface area contributed by atoms with Gasteiger partial charge in [0.15, 0.2) is 0 Å². The first-order chi connectivity index (χ1) is 5.66. The van der Waals surface area contributed by atoms with E-state index in [-0.39, 0.29) is 0 Å². The van der Waals surface area contributed by atoms with Gasteiger partial charge in [-0.2, -0.15) is 0 Å². The Bertz CT molecular complexity index is 274. The molecule has 0 aliphatic carbocycles. The second-order valence-electron chi connectivity index (χ2n) is 2.50. The van der Waals surface area contributed by atoms with E-state index >= 15 is 0 Å². The highest BCUT2D eigenvalue weighted by Crippen LogP contribution is 2.27. The molecule has 1 aromatic heterocycles. The summed E-state index contributed by atoms with van der Waals surface area (Å²) in [6.45, 7) is 0. The number of anilines is 2. The largest absolute Gasteiger partial charge is 0.372 e. The van der Waals surface area contributed by atoms with E-state index in [1.165, 1.54) is 6.33 Å². The van der Waals surface area contributed by atoms with Crippen LogP contribution in [-0.4, -0.2) is 31.1 Å². The number of hydrogen-bond acceptors (Lipinski definition) is 4. The number of hydrogen-bond donors (Lipinski definition) is 1. The Kier molecular flexibility index (Phi) is 2.86. The molecular formula is C7H11BrN4. The van der Waals surface area contributed by atoms with Crippen LogP contribution in [0.2, 0.25) is 0 Å². The predicted molar refractivity (Wildman–Crippen MR) is 53.6 cm³/mol. The van der Waals surface area contributed by atoms with Gasteiger partial charge in [0, 0.05) is 21.1 Å². The summed E-state index contributed by atoms with van der Waals surface area (Å²) >= 11 is 3.41. The monoisotopic (exact) mass is 230 g/mol. The van der Waals surface area contributed by atoms with Gasteiger partial charge in [-0.25, -0.2) is 9.97 Å². The van der Waals surface area contributed by atoms with Gasteiger partial charge in [-0.1, -0.05) is 0 Å². The van der Waals surface area contributed by atoms with Crippen molar-refractivity contribution in [3.05, 3.63) is 10.8 Å². The second-order valence-corrected chi connectivity index (χ2v) is 3.30. The molecular weight excluding hydrogens is 220 g/mol. The van der Waals surface area contributed by atoms with Crippen molar-refractivity contribution < 1.29 is 0 Å². The molecule has 0 bridgehead atoms. The van der Waals surface area contributed by atoms with Crippen molar-refractivity contribution in [2.45, 2.75) is 0 Å². The summed E-state index contributed by atoms with van der Waals surface area (Å²) in [6.07, 6.45) is 1.53. The number of nitrogens with zero attached hydrogens (tertiary/aromatic N) is 3. The maximum atomic E-state index is 4.11. The van der Waals surface area contributed by atoms with Crippen molar-refractivity contribution in [3.63, 3.8) is 0 Å². The molecule has 4 nitrogen and oxygen atoms in total. The molecule has 12 heavy (non-hydrogen) atoms. The van der Waals surface area contributed by atoms with Crippen LogP contribution in [0.15, 0.2) is 10.8 Å². The van der Waals surface area contributed by atoms with Gasteiger partial charge >= 0.3 is 0 Å². The minimum atomic E-state index is 0.800. The number of rotatable bonds is 2. The summed E-state index contributed by atoms with van der Waals surface area (Å²) in [5.74, 6) is 1.67. The zero-order chi connectivity index (χ0) is 9.14. The van der Waals surface area contributed by atoms with Crippen molar-refractivity contribution in [2.75, 3.05) is 31.4 Å². The minimum Gasteiger partial charge on any atom is -0.372 e. The first-order valence-corrected chi connectivity index (χ1v) is 4.31. The van der Waals surface area contributed by atoms with Crippen LogP contribution in [0, 0.1) is 0 Å². The molecule has 66 valence electrons. The molecule has 0 aliphatic heterocycles. The first kappa shape index (κ1) is 9.25. The van der Waals surface area contributed by atoms with Gasteiger partial charge in [-0.15, -0.1) is 0 Å². The number of aromatic nitrogens is 2. The van der Waals surface area contributed by atoms with E-state index in [1.54, 1.807) is 0 Å². The van der Waals surface area contributed by atoms with Gasteiger partial charge in [-0.05, 0) is 15.9 Å². The van der Waals surface area contributed by atoms with Crippen molar-refractivity contribution in [2.24, 2.45) is 0 Å². The van der Waals surface area contributed by atoms with Crippen molar-refractivity contribution in [1.29, 1.82) is 0 Å². The minimum absolute atomic E-state index is 0.800. The topological polar surface area (TPSA) is 41.1 Å². The Morgan fingerprint density at radius 3 is 2.58 bits per heavy atom. The molecule has 1 N–H and O–H groups in total. The van der Waals surface area contributed by atoms with Gasteiger partial charge in [0.25, 0.3) is 0 Å². The third-order valence-electron chi connectivity index (χ3n) is 1.43. The highest BCUT2D eigenvalue weighted by atomic mass is 79.9. The van der Waals surface area contributed by atoms with Crippen LogP contribution >= 0.6 is 15.9 Å². The van der Waals surface area contributed by atoms with Gasteiger partial charge in [0.2, 0.25) is 0 Å². The quantitative estimate of drug-likeness (QED) is 0.834. The predicted octanol–water partition coefficient (Wildman–Crippen LogP) is 1.35. The van der Waals surface area contributed by atoms with Gasteiger partial charge in [-0.3, -0.25) is 0 Å². The second kappa shape index (κ2) is 3.71. The molecule has 0 aromatic carbocycles. The molecule has 1 rings (SSSR count). The molecule has 0 saturated heterocycles. The van der Waals surface area contributed by atoms with Crippen LogP contribution in [-0.2, 0) is 0 Å². The highest BCUT2D eigenvalue weighted by Gasteiger charge is 2.07. The van der Waals surface area contributed by atoms with Crippen molar-refractivity contribution in [3.8, 4) is 0 Å². The molecule has 0 amide bonds. The lowest BCUT2D eigenvalue weighted by molar-refractivity contribution is 1.03. The molecule has 0 radical (unpaired) electrons. The van der Waals surface area contributed by atoms with E-state index in [9.17, 15) is 0 Å². The lowest BCUT2D eigenvalue weighted by atomic mass is 10.5. The van der Waals surface area contributed by atoms with Gasteiger partial charge < -0.3 is 10.2 Å². The van der Waals surface area contributed by atoms with Crippen LogP contribution in [0.25, 0.3) is 0 Å². The SMILES string of the molecule is CNc1ncnc(N(C)C)c1Br. The molecule has 1 aromatic rings. The average molecular weight is 231 g/mol. The zero-order valence-electron chi connectivity index (χ0n) is 7.30. The first-order valence-electron chi connectivity index (χ1n) is 3.52. The summed E-state index contributed by atoms with van der Waals surface area (Å²) in [4.78, 5) is 10.1. The van der Waals surface area contributed by atoms with Gasteiger partial charge in [0.1, 0.15) is 22.4 Å². The molecule has 0 atom stereocenters. The molecule has 5 heteroatoms. The van der Waals surface area contributed by atoms with E-state index in [0.717, 1.165) is 16.1 Å². The number of halogens is 1. The average Bonchev–Trinajstić information content (AvgIpc) is 2.04. The summed E-state index contributed by atoms with van der Waals surface area (Å²) in [5, 5.41) is 2.97. The normalized spacial score (nSPS) is 9.67. The van der Waals surface area contributed by atoms with E-state index in [2.05, 4.69) is 31.2 Å². The maximum absolute atomic E-state index is 4.11. The fourth-order valence-corrected chi connectivity index (χ4v) is 1.60. The van der Waals surface area contributed by atoms with Crippen LogP contribution < -0.4 is 10.2 Å². The molecule has 0 saturated carbocycles. The lowest BCUT2D eigenvalue weighted by Gasteiger charge is -2.14. The van der Waals surface area contributed by atoms with Crippen molar-refractivity contribution in [1.82, 2.24) is 9.97 Å². The van der Waals surface area contributed by atoms with Crippen LogP contribution in [0.5, 0.6) is 0 Å². The Labute approximate surface area is 80.1 Å².